The Morgan fingerprint density at radius 1 is 0.846 bits per heavy atom. The predicted molar refractivity (Wildman–Crippen MR) is 156 cm³/mol. The fourth-order valence-electron chi connectivity index (χ4n) is 4.29. The lowest BCUT2D eigenvalue weighted by atomic mass is 10.1. The first-order chi connectivity index (χ1) is 18.6. The van der Waals surface area contributed by atoms with Crippen molar-refractivity contribution in [2.24, 2.45) is 0 Å². The molecule has 8 heteroatoms. The zero-order valence-corrected chi connectivity index (χ0v) is 24.2. The van der Waals surface area contributed by atoms with Crippen LogP contribution in [0.5, 0.6) is 0 Å². The van der Waals surface area contributed by atoms with E-state index in [1.807, 2.05) is 58.9 Å². The molecule has 2 atom stereocenters. The number of nitrogens with zero attached hydrogens (tertiary/aromatic N) is 2. The lowest BCUT2D eigenvalue weighted by molar-refractivity contribution is -0.140. The molecule has 2 amide bonds. The second-order valence-electron chi connectivity index (χ2n) is 9.85. The molecule has 0 heterocycles. The summed E-state index contributed by atoms with van der Waals surface area (Å²) in [6, 6.07) is 22.0. The summed E-state index contributed by atoms with van der Waals surface area (Å²) < 4.78 is 28.8. The average Bonchev–Trinajstić information content (AvgIpc) is 2.93. The van der Waals surface area contributed by atoms with E-state index in [0.717, 1.165) is 27.4 Å². The summed E-state index contributed by atoms with van der Waals surface area (Å²) in [6.07, 6.45) is 1.14. The molecule has 1 N–H and O–H groups in total. The van der Waals surface area contributed by atoms with Crippen LogP contribution in [0, 0.1) is 13.8 Å². The number of benzene rings is 3. The third-order valence-electron chi connectivity index (χ3n) is 6.92. The number of hydrogen-bond donors (Lipinski definition) is 1. The fourth-order valence-corrected chi connectivity index (χ4v) is 5.71. The van der Waals surface area contributed by atoms with Gasteiger partial charge in [-0.2, -0.15) is 0 Å². The first-order valence-corrected chi connectivity index (χ1v) is 14.8. The smallest absolute Gasteiger partial charge is 0.264 e. The van der Waals surface area contributed by atoms with Crippen LogP contribution in [0.3, 0.4) is 0 Å². The minimum Gasteiger partial charge on any atom is -0.352 e. The SMILES string of the molecule is CC[C@@H](C)NC(=O)[C@H](CC)N(Cc1ccccc1C)C(=O)CN(c1ccccc1)S(=O)(=O)c1ccc(C)cc1. The Labute approximate surface area is 232 Å². The number of anilines is 1. The third-order valence-corrected chi connectivity index (χ3v) is 8.71. The topological polar surface area (TPSA) is 86.8 Å². The van der Waals surface area contributed by atoms with Gasteiger partial charge in [-0.15, -0.1) is 0 Å². The zero-order chi connectivity index (χ0) is 28.6. The summed E-state index contributed by atoms with van der Waals surface area (Å²) in [7, 11) is -4.07. The zero-order valence-electron chi connectivity index (χ0n) is 23.4. The second-order valence-corrected chi connectivity index (χ2v) is 11.7. The number of carbonyl (C=O) groups excluding carboxylic acids is 2. The van der Waals surface area contributed by atoms with Gasteiger partial charge in [-0.05, 0) is 69.0 Å². The highest BCUT2D eigenvalue weighted by atomic mass is 32.2. The van der Waals surface area contributed by atoms with Gasteiger partial charge in [-0.25, -0.2) is 8.42 Å². The van der Waals surface area contributed by atoms with Crippen LogP contribution < -0.4 is 9.62 Å². The summed E-state index contributed by atoms with van der Waals surface area (Å²) in [5.41, 5.74) is 3.19. The van der Waals surface area contributed by atoms with Crippen LogP contribution in [-0.4, -0.2) is 43.8 Å². The Kier molecular flexibility index (Phi) is 10.3. The first-order valence-electron chi connectivity index (χ1n) is 13.4. The van der Waals surface area contributed by atoms with E-state index in [2.05, 4.69) is 5.32 Å². The van der Waals surface area contributed by atoms with Gasteiger partial charge in [-0.3, -0.25) is 13.9 Å². The Hall–Kier alpha value is -3.65. The summed E-state index contributed by atoms with van der Waals surface area (Å²) >= 11 is 0. The van der Waals surface area contributed by atoms with E-state index in [0.29, 0.717) is 12.1 Å². The molecule has 0 unspecified atom stereocenters. The molecule has 208 valence electrons. The van der Waals surface area contributed by atoms with Crippen molar-refractivity contribution in [3.63, 3.8) is 0 Å². The highest BCUT2D eigenvalue weighted by Crippen LogP contribution is 2.25. The molecule has 3 aromatic rings. The number of hydrogen-bond acceptors (Lipinski definition) is 4. The minimum atomic E-state index is -4.07. The summed E-state index contributed by atoms with van der Waals surface area (Å²) in [5.74, 6) is -0.703. The van der Waals surface area contributed by atoms with Crippen molar-refractivity contribution in [2.75, 3.05) is 10.8 Å². The van der Waals surface area contributed by atoms with Crippen LogP contribution in [0.25, 0.3) is 0 Å². The Bertz CT molecular complexity index is 1360. The maximum Gasteiger partial charge on any atom is 0.264 e. The van der Waals surface area contributed by atoms with Crippen LogP contribution in [0.1, 0.15) is 50.3 Å². The maximum atomic E-state index is 14.1. The van der Waals surface area contributed by atoms with Crippen molar-refractivity contribution in [1.82, 2.24) is 10.2 Å². The van der Waals surface area contributed by atoms with Crippen LogP contribution >= 0.6 is 0 Å². The van der Waals surface area contributed by atoms with Crippen molar-refractivity contribution < 1.29 is 18.0 Å². The maximum absolute atomic E-state index is 14.1. The van der Waals surface area contributed by atoms with Gasteiger partial charge in [0, 0.05) is 12.6 Å². The molecule has 0 radical (unpaired) electrons. The van der Waals surface area contributed by atoms with E-state index in [4.69, 9.17) is 0 Å². The van der Waals surface area contributed by atoms with Crippen molar-refractivity contribution >= 4 is 27.5 Å². The molecule has 39 heavy (non-hydrogen) atoms. The van der Waals surface area contributed by atoms with E-state index >= 15 is 0 Å². The van der Waals surface area contributed by atoms with E-state index in [1.165, 1.54) is 4.90 Å². The van der Waals surface area contributed by atoms with Crippen LogP contribution in [0.2, 0.25) is 0 Å². The van der Waals surface area contributed by atoms with Crippen LogP contribution in [0.15, 0.2) is 83.8 Å². The van der Waals surface area contributed by atoms with Gasteiger partial charge in [-0.1, -0.05) is 74.0 Å². The molecule has 0 aromatic heterocycles. The molecule has 0 aliphatic rings. The second kappa shape index (κ2) is 13.4. The monoisotopic (exact) mass is 549 g/mol. The van der Waals surface area contributed by atoms with E-state index in [1.54, 1.807) is 54.6 Å². The summed E-state index contributed by atoms with van der Waals surface area (Å²) in [6.45, 7) is 9.34. The van der Waals surface area contributed by atoms with Gasteiger partial charge in [0.1, 0.15) is 12.6 Å². The largest absolute Gasteiger partial charge is 0.352 e. The molecule has 3 rings (SSSR count). The van der Waals surface area contributed by atoms with Crippen LogP contribution in [-0.2, 0) is 26.2 Å². The molecule has 0 bridgehead atoms. The fraction of sp³-hybridized carbons (Fsp3) is 0.355. The number of carbonyl (C=O) groups is 2. The van der Waals surface area contributed by atoms with Gasteiger partial charge < -0.3 is 10.2 Å². The Morgan fingerprint density at radius 3 is 2.05 bits per heavy atom. The minimum absolute atomic E-state index is 0.0512. The number of nitrogens with one attached hydrogen (secondary N) is 1. The molecule has 7 nitrogen and oxygen atoms in total. The van der Waals surface area contributed by atoms with Gasteiger partial charge in [0.2, 0.25) is 11.8 Å². The number of rotatable bonds is 12. The van der Waals surface area contributed by atoms with Gasteiger partial charge >= 0.3 is 0 Å². The Morgan fingerprint density at radius 2 is 1.46 bits per heavy atom. The number of sulfonamides is 1. The van der Waals surface area contributed by atoms with Gasteiger partial charge in [0.15, 0.2) is 0 Å². The molecule has 0 saturated heterocycles. The van der Waals surface area contributed by atoms with Crippen molar-refractivity contribution in [1.29, 1.82) is 0 Å². The molecule has 0 aliphatic heterocycles. The molecule has 0 spiro atoms. The standard InChI is InChI=1S/C31H39N3O4S/c1-6-25(5)32-31(36)29(7-2)33(21-26-14-12-11-13-24(26)4)30(35)22-34(27-15-9-8-10-16-27)39(37,38)28-19-17-23(3)18-20-28/h8-20,25,29H,6-7,21-22H2,1-5H3,(H,32,36)/t25-,29+/m1/s1. The molecule has 0 aliphatic carbocycles. The lowest BCUT2D eigenvalue weighted by Crippen LogP contribution is -2.53. The molecular weight excluding hydrogens is 510 g/mol. The lowest BCUT2D eigenvalue weighted by Gasteiger charge is -2.34. The molecule has 0 saturated carbocycles. The molecular formula is C31H39N3O4S. The molecule has 3 aromatic carbocycles. The van der Waals surface area contributed by atoms with Crippen molar-refractivity contribution in [3.05, 3.63) is 95.6 Å². The van der Waals surface area contributed by atoms with E-state index < -0.39 is 28.5 Å². The van der Waals surface area contributed by atoms with E-state index in [-0.39, 0.29) is 23.4 Å². The highest BCUT2D eigenvalue weighted by Gasteiger charge is 2.34. The summed E-state index contributed by atoms with van der Waals surface area (Å²) in [5, 5.41) is 3.00. The predicted octanol–water partition coefficient (Wildman–Crippen LogP) is 5.22. The number of amides is 2. The quantitative estimate of drug-likeness (QED) is 0.336. The van der Waals surface area contributed by atoms with Crippen LogP contribution in [0.4, 0.5) is 5.69 Å². The first kappa shape index (κ1) is 29.9. The molecule has 0 fully saturated rings. The van der Waals surface area contributed by atoms with Gasteiger partial charge in [0.05, 0.1) is 10.6 Å². The summed E-state index contributed by atoms with van der Waals surface area (Å²) in [4.78, 5) is 29.0. The van der Waals surface area contributed by atoms with Gasteiger partial charge in [0.25, 0.3) is 10.0 Å². The highest BCUT2D eigenvalue weighted by molar-refractivity contribution is 7.92. The normalized spacial score (nSPS) is 12.8. The van der Waals surface area contributed by atoms with Crippen molar-refractivity contribution in [3.8, 4) is 0 Å². The third kappa shape index (κ3) is 7.47. The number of para-hydroxylation sites is 1. The average molecular weight is 550 g/mol. The number of aryl methyl sites for hydroxylation is 2. The van der Waals surface area contributed by atoms with E-state index in [9.17, 15) is 18.0 Å². The van der Waals surface area contributed by atoms with Crippen molar-refractivity contribution in [2.45, 2.75) is 71.0 Å². The Balaban J connectivity index is 2.04.